The van der Waals surface area contributed by atoms with Gasteiger partial charge in [0.2, 0.25) is 0 Å². The molecule has 3 rings (SSSR count). The Morgan fingerprint density at radius 3 is 2.57 bits per heavy atom. The topological polar surface area (TPSA) is 102 Å². The number of halogens is 1. The fourth-order valence-electron chi connectivity index (χ4n) is 3.15. The quantitative estimate of drug-likeness (QED) is 0.436. The second-order valence-electron chi connectivity index (χ2n) is 6.24. The van der Waals surface area contributed by atoms with Gasteiger partial charge in [0, 0.05) is 38.4 Å². The fraction of sp³-hybridized carbons (Fsp3) is 0.389. The number of hydrogen-bond donors (Lipinski definition) is 0. The second kappa shape index (κ2) is 8.15. The number of esters is 1. The highest BCUT2D eigenvalue weighted by atomic mass is 19.1. The maximum absolute atomic E-state index is 14.7. The smallest absolute Gasteiger partial charge is 0.340 e. The molecule has 0 saturated carbocycles. The minimum absolute atomic E-state index is 0.0302. The van der Waals surface area contributed by atoms with Gasteiger partial charge in [0.25, 0.3) is 5.69 Å². The molecule has 0 unspecified atom stereocenters. The molecular formula is C18H20FN5O4. The highest BCUT2D eigenvalue weighted by molar-refractivity contribution is 5.97. The average molecular weight is 389 g/mol. The van der Waals surface area contributed by atoms with Crippen LogP contribution in [-0.2, 0) is 4.74 Å². The number of nitro groups is 1. The molecule has 28 heavy (non-hydrogen) atoms. The van der Waals surface area contributed by atoms with Crippen molar-refractivity contribution in [1.82, 2.24) is 9.97 Å². The molecule has 0 bridgehead atoms. The Labute approximate surface area is 160 Å². The summed E-state index contributed by atoms with van der Waals surface area (Å²) in [5.41, 5.74) is -0.596. The van der Waals surface area contributed by atoms with Gasteiger partial charge in [-0.05, 0) is 19.9 Å². The molecule has 1 fully saturated rings. The Bertz CT molecular complexity index is 900. The number of nitrogens with zero attached hydrogens (tertiary/aromatic N) is 5. The number of non-ortho nitro benzene ring substituents is 1. The van der Waals surface area contributed by atoms with Gasteiger partial charge in [-0.15, -0.1) is 0 Å². The zero-order valence-electron chi connectivity index (χ0n) is 15.6. The van der Waals surface area contributed by atoms with E-state index in [2.05, 4.69) is 9.97 Å². The number of carbonyl (C=O) groups excluding carboxylic acids is 1. The first-order valence-electron chi connectivity index (χ1n) is 8.85. The number of rotatable bonds is 5. The summed E-state index contributed by atoms with van der Waals surface area (Å²) < 4.78 is 19.7. The fourth-order valence-corrected chi connectivity index (χ4v) is 3.15. The van der Waals surface area contributed by atoms with Crippen LogP contribution >= 0.6 is 0 Å². The first-order valence-corrected chi connectivity index (χ1v) is 8.85. The van der Waals surface area contributed by atoms with Crippen molar-refractivity contribution in [1.29, 1.82) is 0 Å². The molecule has 1 aromatic carbocycles. The number of aryl methyl sites for hydroxylation is 1. The molecule has 2 heterocycles. The van der Waals surface area contributed by atoms with E-state index in [0.29, 0.717) is 32.0 Å². The van der Waals surface area contributed by atoms with Gasteiger partial charge in [-0.2, -0.15) is 0 Å². The van der Waals surface area contributed by atoms with Crippen LogP contribution in [0.2, 0.25) is 0 Å². The highest BCUT2D eigenvalue weighted by Crippen LogP contribution is 2.31. The molecule has 1 aromatic heterocycles. The molecule has 0 N–H and O–H groups in total. The lowest BCUT2D eigenvalue weighted by Crippen LogP contribution is -2.47. The van der Waals surface area contributed by atoms with Crippen LogP contribution in [0.1, 0.15) is 23.1 Å². The highest BCUT2D eigenvalue weighted by Gasteiger charge is 2.28. The number of anilines is 2. The van der Waals surface area contributed by atoms with Gasteiger partial charge in [0.1, 0.15) is 11.6 Å². The SMILES string of the molecule is CCOC(=O)c1cc([N+](=O)[O-])cc(F)c1N1CCN(c2ccnc(C)n2)CC1. The maximum atomic E-state index is 14.7. The molecule has 2 aromatic rings. The lowest BCUT2D eigenvalue weighted by atomic mass is 10.1. The zero-order chi connectivity index (χ0) is 20.3. The van der Waals surface area contributed by atoms with Crippen LogP contribution < -0.4 is 9.80 Å². The van der Waals surface area contributed by atoms with Crippen molar-refractivity contribution >= 4 is 23.2 Å². The van der Waals surface area contributed by atoms with Gasteiger partial charge in [-0.3, -0.25) is 10.1 Å². The summed E-state index contributed by atoms with van der Waals surface area (Å²) in [7, 11) is 0. The zero-order valence-corrected chi connectivity index (χ0v) is 15.6. The van der Waals surface area contributed by atoms with Crippen molar-refractivity contribution in [3.63, 3.8) is 0 Å². The van der Waals surface area contributed by atoms with Gasteiger partial charge in [0.15, 0.2) is 5.82 Å². The van der Waals surface area contributed by atoms with Crippen molar-refractivity contribution in [2.75, 3.05) is 42.6 Å². The number of nitro benzene ring substituents is 1. The minimum atomic E-state index is -0.816. The summed E-state index contributed by atoms with van der Waals surface area (Å²) in [6, 6.07) is 3.70. The Hall–Kier alpha value is -3.30. The van der Waals surface area contributed by atoms with Gasteiger partial charge >= 0.3 is 5.97 Å². The third-order valence-electron chi connectivity index (χ3n) is 4.44. The van der Waals surface area contributed by atoms with Crippen LogP contribution in [0.4, 0.5) is 21.6 Å². The van der Waals surface area contributed by atoms with E-state index in [1.807, 2.05) is 4.90 Å². The molecule has 9 nitrogen and oxygen atoms in total. The van der Waals surface area contributed by atoms with Crippen molar-refractivity contribution in [3.05, 3.63) is 51.7 Å². The van der Waals surface area contributed by atoms with Crippen LogP contribution in [0, 0.1) is 22.9 Å². The number of ether oxygens (including phenoxy) is 1. The van der Waals surface area contributed by atoms with Crippen molar-refractivity contribution in [2.24, 2.45) is 0 Å². The molecule has 1 saturated heterocycles. The molecule has 0 aliphatic carbocycles. The first-order chi connectivity index (χ1) is 13.4. The van der Waals surface area contributed by atoms with E-state index < -0.39 is 22.4 Å². The summed E-state index contributed by atoms with van der Waals surface area (Å²) in [5.74, 6) is -0.162. The molecular weight excluding hydrogens is 369 g/mol. The van der Waals surface area contributed by atoms with E-state index in [-0.39, 0.29) is 17.9 Å². The summed E-state index contributed by atoms with van der Waals surface area (Å²) in [5, 5.41) is 11.1. The van der Waals surface area contributed by atoms with Crippen LogP contribution in [0.5, 0.6) is 0 Å². The molecule has 1 aliphatic heterocycles. The second-order valence-corrected chi connectivity index (χ2v) is 6.24. The third kappa shape index (κ3) is 4.00. The summed E-state index contributed by atoms with van der Waals surface area (Å²) in [4.78, 5) is 34.8. The van der Waals surface area contributed by atoms with E-state index in [1.54, 1.807) is 31.0 Å². The van der Waals surface area contributed by atoms with Crippen LogP contribution in [-0.4, -0.2) is 53.6 Å². The predicted molar refractivity (Wildman–Crippen MR) is 100 cm³/mol. The molecule has 0 spiro atoms. The molecule has 0 amide bonds. The summed E-state index contributed by atoms with van der Waals surface area (Å²) in [6.45, 7) is 5.45. The first kappa shape index (κ1) is 19.5. The van der Waals surface area contributed by atoms with Crippen molar-refractivity contribution in [3.8, 4) is 0 Å². The maximum Gasteiger partial charge on any atom is 0.340 e. The Morgan fingerprint density at radius 1 is 1.29 bits per heavy atom. The average Bonchev–Trinajstić information content (AvgIpc) is 2.67. The lowest BCUT2D eigenvalue weighted by molar-refractivity contribution is -0.385. The van der Waals surface area contributed by atoms with Crippen LogP contribution in [0.3, 0.4) is 0 Å². The summed E-state index contributed by atoms with van der Waals surface area (Å²) in [6.07, 6.45) is 1.68. The molecule has 148 valence electrons. The van der Waals surface area contributed by atoms with E-state index in [4.69, 9.17) is 4.74 Å². The monoisotopic (exact) mass is 389 g/mol. The third-order valence-corrected chi connectivity index (χ3v) is 4.44. The van der Waals surface area contributed by atoms with Crippen molar-refractivity contribution in [2.45, 2.75) is 13.8 Å². The Morgan fingerprint density at radius 2 is 1.96 bits per heavy atom. The van der Waals surface area contributed by atoms with E-state index in [0.717, 1.165) is 18.0 Å². The Balaban J connectivity index is 1.87. The van der Waals surface area contributed by atoms with Gasteiger partial charge in [-0.25, -0.2) is 19.2 Å². The van der Waals surface area contributed by atoms with E-state index >= 15 is 0 Å². The van der Waals surface area contributed by atoms with E-state index in [1.165, 1.54) is 0 Å². The number of carbonyl (C=O) groups is 1. The van der Waals surface area contributed by atoms with E-state index in [9.17, 15) is 19.3 Å². The number of benzene rings is 1. The molecule has 10 heteroatoms. The van der Waals surface area contributed by atoms with Gasteiger partial charge in [0.05, 0.1) is 28.8 Å². The van der Waals surface area contributed by atoms with Crippen molar-refractivity contribution < 1.29 is 18.8 Å². The number of aromatic nitrogens is 2. The minimum Gasteiger partial charge on any atom is -0.462 e. The molecule has 0 radical (unpaired) electrons. The largest absolute Gasteiger partial charge is 0.462 e. The number of hydrogen-bond acceptors (Lipinski definition) is 8. The Kier molecular flexibility index (Phi) is 5.67. The molecule has 1 aliphatic rings. The lowest BCUT2D eigenvalue weighted by Gasteiger charge is -2.37. The molecule has 0 atom stereocenters. The predicted octanol–water partition coefficient (Wildman–Crippen LogP) is 2.34. The van der Waals surface area contributed by atoms with Crippen LogP contribution in [0.25, 0.3) is 0 Å². The van der Waals surface area contributed by atoms with Gasteiger partial charge < -0.3 is 14.5 Å². The van der Waals surface area contributed by atoms with Crippen LogP contribution in [0.15, 0.2) is 24.4 Å². The summed E-state index contributed by atoms with van der Waals surface area (Å²) >= 11 is 0. The normalized spacial score (nSPS) is 14.1. The number of piperazine rings is 1. The standard InChI is InChI=1S/C18H20FN5O4/c1-3-28-18(25)14-10-13(24(26)27)11-15(19)17(14)23-8-6-22(7-9-23)16-4-5-20-12(2)21-16/h4-5,10-11H,3,6-9H2,1-2H3. The van der Waals surface area contributed by atoms with Gasteiger partial charge in [-0.1, -0.05) is 0 Å².